The summed E-state index contributed by atoms with van der Waals surface area (Å²) in [7, 11) is 0. The average Bonchev–Trinajstić information content (AvgIpc) is 3.71. The molecule has 4 rings (SSSR count). The van der Waals surface area contributed by atoms with Gasteiger partial charge in [0.15, 0.2) is 12.6 Å². The Morgan fingerprint density at radius 2 is 1.94 bits per heavy atom. The molecule has 2 aromatic rings. The smallest absolute Gasteiger partial charge is 0.258 e. The monoisotopic (exact) mass is 566 g/mol. The fraction of sp³-hybridized carbons (Fsp3) is 0.440. The van der Waals surface area contributed by atoms with Crippen molar-refractivity contribution < 1.29 is 13.9 Å². The standard InChI is InChI=1S/C25H31FN4O2.HI/c1-2-27-24(29-17-25(11-12-25)19-6-4-7-20(26)14-19)28-15-18-5-3-8-22(13-18)32-16-23(31)30-21-9-10-21;/h3-8,13-14,21H,2,9-12,15-17H2,1H3,(H,30,31)(H2,27,28,29);1H. The van der Waals surface area contributed by atoms with Crippen molar-refractivity contribution in [3.63, 3.8) is 0 Å². The number of hydrogen-bond acceptors (Lipinski definition) is 3. The van der Waals surface area contributed by atoms with Gasteiger partial charge >= 0.3 is 0 Å². The number of carbonyl (C=O) groups is 1. The van der Waals surface area contributed by atoms with E-state index in [1.54, 1.807) is 12.1 Å². The van der Waals surface area contributed by atoms with Crippen LogP contribution in [-0.4, -0.2) is 37.6 Å². The Morgan fingerprint density at radius 3 is 2.64 bits per heavy atom. The number of halogens is 2. The molecule has 2 aliphatic rings. The summed E-state index contributed by atoms with van der Waals surface area (Å²) in [5.41, 5.74) is 2.01. The van der Waals surface area contributed by atoms with Gasteiger partial charge in [0, 0.05) is 24.5 Å². The number of guanidine groups is 1. The molecule has 2 aromatic carbocycles. The Balaban J connectivity index is 0.00000306. The molecule has 2 saturated carbocycles. The number of amides is 1. The van der Waals surface area contributed by atoms with Crippen LogP contribution in [0.15, 0.2) is 53.5 Å². The van der Waals surface area contributed by atoms with Gasteiger partial charge in [0.05, 0.1) is 6.54 Å². The molecular weight excluding hydrogens is 534 g/mol. The van der Waals surface area contributed by atoms with Gasteiger partial charge in [0.25, 0.3) is 5.91 Å². The summed E-state index contributed by atoms with van der Waals surface area (Å²) in [5, 5.41) is 9.61. The van der Waals surface area contributed by atoms with E-state index in [-0.39, 0.29) is 47.7 Å². The molecule has 6 nitrogen and oxygen atoms in total. The molecule has 0 heterocycles. The van der Waals surface area contributed by atoms with Gasteiger partial charge in [0.2, 0.25) is 0 Å². The van der Waals surface area contributed by atoms with Gasteiger partial charge < -0.3 is 20.7 Å². The minimum atomic E-state index is -0.193. The number of carbonyl (C=O) groups excluding carboxylic acids is 1. The molecule has 2 aliphatic carbocycles. The van der Waals surface area contributed by atoms with Crippen LogP contribution in [0.2, 0.25) is 0 Å². The molecule has 1 amide bonds. The van der Waals surface area contributed by atoms with Crippen LogP contribution in [0.5, 0.6) is 5.75 Å². The van der Waals surface area contributed by atoms with Crippen molar-refractivity contribution in [3.05, 3.63) is 65.5 Å². The van der Waals surface area contributed by atoms with Crippen molar-refractivity contribution in [2.75, 3.05) is 19.7 Å². The van der Waals surface area contributed by atoms with Gasteiger partial charge in [-0.3, -0.25) is 4.79 Å². The predicted molar refractivity (Wildman–Crippen MR) is 139 cm³/mol. The van der Waals surface area contributed by atoms with Gasteiger partial charge in [-0.25, -0.2) is 9.38 Å². The Kier molecular flexibility index (Phi) is 8.94. The summed E-state index contributed by atoms with van der Waals surface area (Å²) in [6.07, 6.45) is 4.20. The van der Waals surface area contributed by atoms with Crippen LogP contribution in [-0.2, 0) is 16.8 Å². The lowest BCUT2D eigenvalue weighted by molar-refractivity contribution is -0.123. The molecule has 3 N–H and O–H groups in total. The number of nitrogens with one attached hydrogen (secondary N) is 3. The van der Waals surface area contributed by atoms with E-state index in [4.69, 9.17) is 9.73 Å². The van der Waals surface area contributed by atoms with E-state index >= 15 is 0 Å². The molecule has 2 fully saturated rings. The van der Waals surface area contributed by atoms with Gasteiger partial charge in [-0.1, -0.05) is 24.3 Å². The molecule has 0 atom stereocenters. The molecule has 178 valence electrons. The van der Waals surface area contributed by atoms with E-state index in [9.17, 15) is 9.18 Å². The summed E-state index contributed by atoms with van der Waals surface area (Å²) < 4.78 is 19.3. The highest BCUT2D eigenvalue weighted by atomic mass is 127. The van der Waals surface area contributed by atoms with Crippen molar-refractivity contribution in [2.24, 2.45) is 4.99 Å². The van der Waals surface area contributed by atoms with E-state index in [0.29, 0.717) is 24.9 Å². The van der Waals surface area contributed by atoms with Crippen LogP contribution < -0.4 is 20.7 Å². The third kappa shape index (κ3) is 7.58. The lowest BCUT2D eigenvalue weighted by atomic mass is 9.96. The van der Waals surface area contributed by atoms with Crippen LogP contribution in [0.4, 0.5) is 4.39 Å². The van der Waals surface area contributed by atoms with Crippen LogP contribution in [0.25, 0.3) is 0 Å². The summed E-state index contributed by atoms with van der Waals surface area (Å²) in [4.78, 5) is 16.5. The Hall–Kier alpha value is -2.36. The molecule has 33 heavy (non-hydrogen) atoms. The predicted octanol–water partition coefficient (Wildman–Crippen LogP) is 3.89. The molecule has 0 saturated heterocycles. The number of hydrogen-bond donors (Lipinski definition) is 3. The molecule has 0 bridgehead atoms. The normalized spacial score (nSPS) is 16.4. The second-order valence-corrected chi connectivity index (χ2v) is 8.62. The lowest BCUT2D eigenvalue weighted by Crippen LogP contribution is -2.41. The summed E-state index contributed by atoms with van der Waals surface area (Å²) in [6.45, 7) is 3.99. The maximum Gasteiger partial charge on any atom is 0.258 e. The Bertz CT molecular complexity index is 976. The summed E-state index contributed by atoms with van der Waals surface area (Å²) >= 11 is 0. The van der Waals surface area contributed by atoms with E-state index in [2.05, 4.69) is 16.0 Å². The van der Waals surface area contributed by atoms with Crippen molar-refractivity contribution in [1.29, 1.82) is 0 Å². The zero-order chi connectivity index (χ0) is 22.4. The fourth-order valence-electron chi connectivity index (χ4n) is 3.68. The van der Waals surface area contributed by atoms with Gasteiger partial charge in [-0.05, 0) is 68.0 Å². The van der Waals surface area contributed by atoms with Crippen molar-refractivity contribution in [2.45, 2.75) is 50.6 Å². The molecule has 0 radical (unpaired) electrons. The van der Waals surface area contributed by atoms with Crippen LogP contribution in [0.1, 0.15) is 43.7 Å². The van der Waals surface area contributed by atoms with Crippen LogP contribution >= 0.6 is 24.0 Å². The average molecular weight is 566 g/mol. The van der Waals surface area contributed by atoms with Gasteiger partial charge in [-0.2, -0.15) is 0 Å². The van der Waals surface area contributed by atoms with Gasteiger partial charge in [-0.15, -0.1) is 24.0 Å². The highest BCUT2D eigenvalue weighted by molar-refractivity contribution is 14.0. The maximum atomic E-state index is 13.7. The van der Waals surface area contributed by atoms with E-state index < -0.39 is 0 Å². The first-order chi connectivity index (χ1) is 15.6. The molecule has 0 aliphatic heterocycles. The third-order valence-corrected chi connectivity index (χ3v) is 5.86. The molecule has 0 spiro atoms. The number of benzene rings is 2. The zero-order valence-electron chi connectivity index (χ0n) is 18.9. The minimum absolute atomic E-state index is 0. The summed E-state index contributed by atoms with van der Waals surface area (Å²) in [6, 6.07) is 14.9. The lowest BCUT2D eigenvalue weighted by Gasteiger charge is -2.19. The quantitative estimate of drug-likeness (QED) is 0.232. The second kappa shape index (κ2) is 11.7. The molecule has 0 unspecified atom stereocenters. The first kappa shape index (κ1) is 25.3. The highest BCUT2D eigenvalue weighted by Crippen LogP contribution is 2.47. The fourth-order valence-corrected chi connectivity index (χ4v) is 3.68. The molecule has 0 aromatic heterocycles. The number of ether oxygens (including phenoxy) is 1. The van der Waals surface area contributed by atoms with E-state index in [1.807, 2.05) is 37.3 Å². The largest absolute Gasteiger partial charge is 0.484 e. The van der Waals surface area contributed by atoms with E-state index in [1.165, 1.54) is 6.07 Å². The maximum absolute atomic E-state index is 13.7. The Morgan fingerprint density at radius 1 is 1.15 bits per heavy atom. The number of rotatable bonds is 10. The van der Waals surface area contributed by atoms with Crippen molar-refractivity contribution >= 4 is 35.8 Å². The molecular formula is C25H32FIN4O2. The second-order valence-electron chi connectivity index (χ2n) is 8.62. The summed E-state index contributed by atoms with van der Waals surface area (Å²) in [5.74, 6) is 1.11. The zero-order valence-corrected chi connectivity index (χ0v) is 21.2. The van der Waals surface area contributed by atoms with Crippen molar-refractivity contribution in [1.82, 2.24) is 16.0 Å². The minimum Gasteiger partial charge on any atom is -0.484 e. The topological polar surface area (TPSA) is 74.8 Å². The highest BCUT2D eigenvalue weighted by Gasteiger charge is 2.44. The molecule has 8 heteroatoms. The first-order valence-corrected chi connectivity index (χ1v) is 11.4. The van der Waals surface area contributed by atoms with Crippen LogP contribution in [0, 0.1) is 5.82 Å². The third-order valence-electron chi connectivity index (χ3n) is 5.86. The Labute approximate surface area is 211 Å². The van der Waals surface area contributed by atoms with Crippen LogP contribution in [0.3, 0.4) is 0 Å². The SMILES string of the molecule is CCNC(=NCc1cccc(OCC(=O)NC2CC2)c1)NCC1(c2cccc(F)c2)CC1.I. The number of aliphatic imine (C=N–C) groups is 1. The number of nitrogens with zero attached hydrogens (tertiary/aromatic N) is 1. The van der Waals surface area contributed by atoms with Crippen molar-refractivity contribution in [3.8, 4) is 5.75 Å². The van der Waals surface area contributed by atoms with Gasteiger partial charge in [0.1, 0.15) is 11.6 Å². The first-order valence-electron chi connectivity index (χ1n) is 11.4. The van der Waals surface area contributed by atoms with E-state index in [0.717, 1.165) is 49.3 Å².